The lowest BCUT2D eigenvalue weighted by molar-refractivity contribution is -0.135. The number of alkyl halides is 3. The molecule has 18 heavy (non-hydrogen) atoms. The minimum absolute atomic E-state index is 0.165. The first-order valence-corrected chi connectivity index (χ1v) is 5.18. The van der Waals surface area contributed by atoms with Crippen molar-refractivity contribution in [3.63, 3.8) is 0 Å². The van der Waals surface area contributed by atoms with Crippen LogP contribution >= 0.6 is 0 Å². The molecule has 7 heteroatoms. The van der Waals surface area contributed by atoms with E-state index in [4.69, 9.17) is 5.73 Å². The van der Waals surface area contributed by atoms with Crippen molar-refractivity contribution in [1.29, 1.82) is 0 Å². The summed E-state index contributed by atoms with van der Waals surface area (Å²) in [5.41, 5.74) is 5.12. The van der Waals surface area contributed by atoms with Crippen LogP contribution in [0, 0.1) is 17.5 Å². The molecule has 1 nitrogen and oxygen atoms in total. The van der Waals surface area contributed by atoms with Gasteiger partial charge in [0.2, 0.25) is 0 Å². The predicted molar refractivity (Wildman–Crippen MR) is 53.2 cm³/mol. The molecule has 1 aromatic carbocycles. The Morgan fingerprint density at radius 3 is 2.22 bits per heavy atom. The van der Waals surface area contributed by atoms with Crippen LogP contribution in [0.2, 0.25) is 0 Å². The summed E-state index contributed by atoms with van der Waals surface area (Å²) in [4.78, 5) is 0. The van der Waals surface area contributed by atoms with Gasteiger partial charge in [0.1, 0.15) is 0 Å². The molecule has 0 aliphatic rings. The molecule has 0 fully saturated rings. The smallest absolute Gasteiger partial charge is 0.324 e. The Hall–Kier alpha value is -1.24. The Bertz CT molecular complexity index is 415. The first-order chi connectivity index (χ1) is 8.22. The quantitative estimate of drug-likeness (QED) is 0.653. The summed E-state index contributed by atoms with van der Waals surface area (Å²) < 4.78 is 74.4. The second-order valence-corrected chi connectivity index (χ2v) is 3.88. The van der Waals surface area contributed by atoms with Crippen molar-refractivity contribution in [2.45, 2.75) is 31.5 Å². The van der Waals surface area contributed by atoms with Gasteiger partial charge in [0.25, 0.3) is 0 Å². The number of rotatable bonds is 4. The molecular formula is C11H11F6N. The van der Waals surface area contributed by atoms with Crippen molar-refractivity contribution in [3.05, 3.63) is 35.1 Å². The standard InChI is InChI=1S/C11H11F6N/c12-7-4-3-6(9(13)10(7)14)8(18)2-1-5-11(15,16)17/h3-4,8H,1-2,5,18H2. The monoisotopic (exact) mass is 271 g/mol. The van der Waals surface area contributed by atoms with Gasteiger partial charge in [-0.2, -0.15) is 13.2 Å². The number of halogens is 6. The Balaban J connectivity index is 2.68. The van der Waals surface area contributed by atoms with Crippen LogP contribution in [0.5, 0.6) is 0 Å². The largest absolute Gasteiger partial charge is 0.389 e. The molecule has 102 valence electrons. The molecule has 1 atom stereocenters. The Morgan fingerprint density at radius 1 is 1.06 bits per heavy atom. The van der Waals surface area contributed by atoms with Crippen LogP contribution in [0.25, 0.3) is 0 Å². The van der Waals surface area contributed by atoms with Crippen LogP contribution in [0.3, 0.4) is 0 Å². The molecule has 0 aliphatic carbocycles. The Kier molecular flexibility index (Phi) is 4.61. The minimum atomic E-state index is -4.31. The molecule has 2 N–H and O–H groups in total. The third-order valence-corrected chi connectivity index (χ3v) is 2.44. The molecule has 0 spiro atoms. The average Bonchev–Trinajstić information content (AvgIpc) is 2.24. The third kappa shape index (κ3) is 3.90. The zero-order valence-electron chi connectivity index (χ0n) is 9.20. The topological polar surface area (TPSA) is 26.0 Å². The van der Waals surface area contributed by atoms with Gasteiger partial charge in [-0.15, -0.1) is 0 Å². The molecular weight excluding hydrogens is 260 g/mol. The van der Waals surface area contributed by atoms with E-state index in [1.807, 2.05) is 0 Å². The molecule has 1 aromatic rings. The van der Waals surface area contributed by atoms with Gasteiger partial charge in [-0.25, -0.2) is 13.2 Å². The van der Waals surface area contributed by atoms with Crippen LogP contribution in [-0.2, 0) is 0 Å². The first-order valence-electron chi connectivity index (χ1n) is 5.18. The zero-order chi connectivity index (χ0) is 13.9. The highest BCUT2D eigenvalue weighted by atomic mass is 19.4. The van der Waals surface area contributed by atoms with E-state index in [1.54, 1.807) is 0 Å². The maximum absolute atomic E-state index is 13.3. The first kappa shape index (κ1) is 14.8. The highest BCUT2D eigenvalue weighted by molar-refractivity contribution is 5.23. The van der Waals surface area contributed by atoms with Gasteiger partial charge in [-0.05, 0) is 18.9 Å². The van der Waals surface area contributed by atoms with Crippen LogP contribution in [0.1, 0.15) is 30.9 Å². The van der Waals surface area contributed by atoms with Gasteiger partial charge < -0.3 is 5.73 Å². The molecule has 0 bridgehead atoms. The second-order valence-electron chi connectivity index (χ2n) is 3.88. The van der Waals surface area contributed by atoms with E-state index in [1.165, 1.54) is 0 Å². The highest BCUT2D eigenvalue weighted by Crippen LogP contribution is 2.27. The van der Waals surface area contributed by atoms with Gasteiger partial charge in [-0.1, -0.05) is 6.07 Å². The number of hydrogen-bond acceptors (Lipinski definition) is 1. The molecule has 0 aromatic heterocycles. The van der Waals surface area contributed by atoms with Gasteiger partial charge in [0.05, 0.1) is 0 Å². The van der Waals surface area contributed by atoms with E-state index in [2.05, 4.69) is 0 Å². The van der Waals surface area contributed by atoms with Crippen molar-refractivity contribution in [2.24, 2.45) is 5.73 Å². The lowest BCUT2D eigenvalue weighted by Gasteiger charge is -2.14. The maximum atomic E-state index is 13.3. The Labute approximate surface area is 99.6 Å². The highest BCUT2D eigenvalue weighted by Gasteiger charge is 2.27. The molecule has 0 heterocycles. The maximum Gasteiger partial charge on any atom is 0.389 e. The molecule has 0 radical (unpaired) electrons. The van der Waals surface area contributed by atoms with Crippen LogP contribution in [0.15, 0.2) is 12.1 Å². The fraction of sp³-hybridized carbons (Fsp3) is 0.455. The van der Waals surface area contributed by atoms with Gasteiger partial charge in [-0.3, -0.25) is 0 Å². The third-order valence-electron chi connectivity index (χ3n) is 2.44. The zero-order valence-corrected chi connectivity index (χ0v) is 9.20. The SMILES string of the molecule is NC(CCCC(F)(F)F)c1ccc(F)c(F)c1F. The summed E-state index contributed by atoms with van der Waals surface area (Å²) in [6.45, 7) is 0. The number of nitrogens with two attached hydrogens (primary N) is 1. The van der Waals surface area contributed by atoms with E-state index in [9.17, 15) is 26.3 Å². The van der Waals surface area contributed by atoms with Crippen molar-refractivity contribution < 1.29 is 26.3 Å². The van der Waals surface area contributed by atoms with E-state index < -0.39 is 36.1 Å². The summed E-state index contributed by atoms with van der Waals surface area (Å²) in [6, 6.07) is 0.533. The van der Waals surface area contributed by atoms with E-state index in [0.29, 0.717) is 6.07 Å². The predicted octanol–water partition coefficient (Wildman–Crippen LogP) is 3.84. The van der Waals surface area contributed by atoms with Crippen molar-refractivity contribution in [2.75, 3.05) is 0 Å². The molecule has 0 saturated carbocycles. The summed E-state index contributed by atoms with van der Waals surface area (Å²) in [5, 5.41) is 0. The normalized spacial score (nSPS) is 13.7. The van der Waals surface area contributed by atoms with Crippen molar-refractivity contribution in [1.82, 2.24) is 0 Å². The molecule has 0 amide bonds. The van der Waals surface area contributed by atoms with Crippen LogP contribution in [-0.4, -0.2) is 6.18 Å². The van der Waals surface area contributed by atoms with E-state index >= 15 is 0 Å². The fourth-order valence-corrected chi connectivity index (χ4v) is 1.51. The molecule has 1 unspecified atom stereocenters. The lowest BCUT2D eigenvalue weighted by Crippen LogP contribution is -2.15. The average molecular weight is 271 g/mol. The van der Waals surface area contributed by atoms with Crippen molar-refractivity contribution >= 4 is 0 Å². The Morgan fingerprint density at radius 2 is 1.67 bits per heavy atom. The molecule has 0 saturated heterocycles. The van der Waals surface area contributed by atoms with Crippen molar-refractivity contribution in [3.8, 4) is 0 Å². The number of benzene rings is 1. The van der Waals surface area contributed by atoms with E-state index in [-0.39, 0.29) is 18.4 Å². The molecule has 1 rings (SSSR count). The summed E-state index contributed by atoms with van der Waals surface area (Å²) in [7, 11) is 0. The summed E-state index contributed by atoms with van der Waals surface area (Å²) >= 11 is 0. The summed E-state index contributed by atoms with van der Waals surface area (Å²) in [6.07, 6.45) is -5.83. The van der Waals surface area contributed by atoms with Crippen LogP contribution in [0.4, 0.5) is 26.3 Å². The number of hydrogen-bond donors (Lipinski definition) is 1. The summed E-state index contributed by atoms with van der Waals surface area (Å²) in [5.74, 6) is -4.48. The van der Waals surface area contributed by atoms with Gasteiger partial charge in [0.15, 0.2) is 17.5 Å². The van der Waals surface area contributed by atoms with E-state index in [0.717, 1.165) is 6.07 Å². The lowest BCUT2D eigenvalue weighted by atomic mass is 10.0. The van der Waals surface area contributed by atoms with Gasteiger partial charge >= 0.3 is 6.18 Å². The fourth-order valence-electron chi connectivity index (χ4n) is 1.51. The van der Waals surface area contributed by atoms with Gasteiger partial charge in [0, 0.05) is 18.0 Å². The van der Waals surface area contributed by atoms with Crippen LogP contribution < -0.4 is 5.73 Å². The minimum Gasteiger partial charge on any atom is -0.324 e. The molecule has 0 aliphatic heterocycles. The second kappa shape index (κ2) is 5.60.